The molecular formula is C16H26O3. The number of phenolic OH excluding ortho intramolecular Hbond substituents is 1. The van der Waals surface area contributed by atoms with Crippen molar-refractivity contribution in [3.05, 3.63) is 28.8 Å². The van der Waals surface area contributed by atoms with Gasteiger partial charge in [0.25, 0.3) is 0 Å². The van der Waals surface area contributed by atoms with Crippen LogP contribution >= 0.6 is 0 Å². The highest BCUT2D eigenvalue weighted by molar-refractivity contribution is 5.46. The zero-order valence-corrected chi connectivity index (χ0v) is 12.5. The van der Waals surface area contributed by atoms with Crippen molar-refractivity contribution in [3.8, 4) is 5.75 Å². The summed E-state index contributed by atoms with van der Waals surface area (Å²) >= 11 is 0. The second-order valence-corrected chi connectivity index (χ2v) is 6.04. The lowest BCUT2D eigenvalue weighted by molar-refractivity contribution is 0.112. The van der Waals surface area contributed by atoms with Crippen molar-refractivity contribution in [1.29, 1.82) is 0 Å². The van der Waals surface area contributed by atoms with Crippen LogP contribution in [-0.2, 0) is 16.8 Å². The molecule has 0 unspecified atom stereocenters. The van der Waals surface area contributed by atoms with Crippen LogP contribution in [0.5, 0.6) is 5.75 Å². The third kappa shape index (κ3) is 4.84. The Bertz CT molecular complexity index is 405. The van der Waals surface area contributed by atoms with Crippen LogP contribution in [0.15, 0.2) is 12.1 Å². The maximum atomic E-state index is 10.1. The van der Waals surface area contributed by atoms with E-state index < -0.39 is 0 Å². The van der Waals surface area contributed by atoms with Gasteiger partial charge in [0.05, 0.1) is 6.61 Å². The van der Waals surface area contributed by atoms with E-state index in [1.54, 1.807) is 0 Å². The largest absolute Gasteiger partial charge is 0.507 e. The second-order valence-electron chi connectivity index (χ2n) is 6.04. The number of ether oxygens (including phenoxy) is 1. The highest BCUT2D eigenvalue weighted by atomic mass is 16.5. The molecular weight excluding hydrogens is 240 g/mol. The Morgan fingerprint density at radius 1 is 1.16 bits per heavy atom. The molecule has 0 aromatic heterocycles. The number of aliphatic hydroxyl groups excluding tert-OH is 1. The van der Waals surface area contributed by atoms with E-state index in [1.165, 1.54) is 0 Å². The minimum atomic E-state index is -0.0816. The molecule has 2 N–H and O–H groups in total. The highest BCUT2D eigenvalue weighted by Gasteiger charge is 2.20. The van der Waals surface area contributed by atoms with Crippen molar-refractivity contribution >= 4 is 0 Å². The lowest BCUT2D eigenvalue weighted by Crippen LogP contribution is -2.12. The van der Waals surface area contributed by atoms with Crippen molar-refractivity contribution < 1.29 is 14.9 Å². The molecule has 0 spiro atoms. The van der Waals surface area contributed by atoms with Crippen molar-refractivity contribution in [2.24, 2.45) is 0 Å². The number of unbranched alkanes of at least 4 members (excludes halogenated alkanes) is 1. The summed E-state index contributed by atoms with van der Waals surface area (Å²) in [5.74, 6) is 0.386. The van der Waals surface area contributed by atoms with Crippen molar-refractivity contribution in [2.75, 3.05) is 13.2 Å². The van der Waals surface area contributed by atoms with Gasteiger partial charge in [0.1, 0.15) is 5.75 Å². The first-order valence-corrected chi connectivity index (χ1v) is 6.88. The van der Waals surface area contributed by atoms with Gasteiger partial charge in [0.15, 0.2) is 0 Å². The molecule has 0 atom stereocenters. The quantitative estimate of drug-likeness (QED) is 0.777. The SMILES string of the molecule is Cc1cc(COCCCCO)cc(C(C)(C)C)c1O. The number of hydrogen-bond acceptors (Lipinski definition) is 3. The number of aliphatic hydroxyl groups is 1. The smallest absolute Gasteiger partial charge is 0.122 e. The van der Waals surface area contributed by atoms with Gasteiger partial charge in [-0.2, -0.15) is 0 Å². The topological polar surface area (TPSA) is 49.7 Å². The fraction of sp³-hybridized carbons (Fsp3) is 0.625. The molecule has 0 amide bonds. The summed E-state index contributed by atoms with van der Waals surface area (Å²) in [6.45, 7) is 9.62. The first-order chi connectivity index (χ1) is 8.86. The highest BCUT2D eigenvalue weighted by Crippen LogP contribution is 2.34. The minimum absolute atomic E-state index is 0.0816. The minimum Gasteiger partial charge on any atom is -0.507 e. The van der Waals surface area contributed by atoms with Gasteiger partial charge < -0.3 is 14.9 Å². The molecule has 108 valence electrons. The first kappa shape index (κ1) is 16.0. The van der Waals surface area contributed by atoms with E-state index >= 15 is 0 Å². The standard InChI is InChI=1S/C16H26O3/c1-12-9-13(11-19-8-6-5-7-17)10-14(15(12)18)16(2,3)4/h9-10,17-18H,5-8,11H2,1-4H3. The third-order valence-electron chi connectivity index (χ3n) is 3.13. The Kier molecular flexibility index (Phi) is 5.83. The Morgan fingerprint density at radius 2 is 1.84 bits per heavy atom. The second kappa shape index (κ2) is 6.92. The Balaban J connectivity index is 2.72. The fourth-order valence-electron chi connectivity index (χ4n) is 2.02. The Hall–Kier alpha value is -1.06. The Labute approximate surface area is 116 Å². The van der Waals surface area contributed by atoms with E-state index in [-0.39, 0.29) is 12.0 Å². The molecule has 0 radical (unpaired) electrons. The van der Waals surface area contributed by atoms with Gasteiger partial charge >= 0.3 is 0 Å². The lowest BCUT2D eigenvalue weighted by atomic mass is 9.84. The summed E-state index contributed by atoms with van der Waals surface area (Å²) in [6, 6.07) is 3.99. The van der Waals surface area contributed by atoms with E-state index in [9.17, 15) is 5.11 Å². The monoisotopic (exact) mass is 266 g/mol. The van der Waals surface area contributed by atoms with Gasteiger partial charge in [-0.05, 0) is 47.9 Å². The summed E-state index contributed by atoms with van der Waals surface area (Å²) in [4.78, 5) is 0. The molecule has 0 aliphatic rings. The molecule has 3 nitrogen and oxygen atoms in total. The van der Waals surface area contributed by atoms with Gasteiger partial charge in [-0.1, -0.05) is 26.8 Å². The lowest BCUT2D eigenvalue weighted by Gasteiger charge is -2.22. The van der Waals surface area contributed by atoms with Gasteiger partial charge in [0, 0.05) is 13.2 Å². The molecule has 1 aromatic rings. The number of hydrogen-bond donors (Lipinski definition) is 2. The molecule has 0 aliphatic carbocycles. The fourth-order valence-corrected chi connectivity index (χ4v) is 2.02. The maximum Gasteiger partial charge on any atom is 0.122 e. The molecule has 0 saturated heterocycles. The summed E-state index contributed by atoms with van der Waals surface area (Å²) in [5.41, 5.74) is 2.86. The molecule has 0 saturated carbocycles. The molecule has 1 aromatic carbocycles. The van der Waals surface area contributed by atoms with E-state index in [4.69, 9.17) is 9.84 Å². The van der Waals surface area contributed by atoms with E-state index in [0.717, 1.165) is 29.5 Å². The number of benzene rings is 1. The molecule has 0 bridgehead atoms. The molecule has 19 heavy (non-hydrogen) atoms. The zero-order valence-electron chi connectivity index (χ0n) is 12.5. The van der Waals surface area contributed by atoms with Crippen LogP contribution in [0.2, 0.25) is 0 Å². The van der Waals surface area contributed by atoms with Crippen molar-refractivity contribution in [2.45, 2.75) is 52.6 Å². The predicted molar refractivity (Wildman–Crippen MR) is 77.5 cm³/mol. The van der Waals surface area contributed by atoms with Gasteiger partial charge in [-0.25, -0.2) is 0 Å². The average Bonchev–Trinajstić information content (AvgIpc) is 2.31. The van der Waals surface area contributed by atoms with Crippen LogP contribution in [0.25, 0.3) is 0 Å². The van der Waals surface area contributed by atoms with Crippen LogP contribution < -0.4 is 0 Å². The zero-order chi connectivity index (χ0) is 14.5. The molecule has 0 heterocycles. The van der Waals surface area contributed by atoms with Crippen LogP contribution in [0.4, 0.5) is 0 Å². The van der Waals surface area contributed by atoms with E-state index in [0.29, 0.717) is 19.0 Å². The molecule has 0 fully saturated rings. The number of rotatable bonds is 6. The predicted octanol–water partition coefficient (Wildman–Crippen LogP) is 3.29. The number of aryl methyl sites for hydroxylation is 1. The van der Waals surface area contributed by atoms with E-state index in [2.05, 4.69) is 20.8 Å². The van der Waals surface area contributed by atoms with Crippen LogP contribution in [0.1, 0.15) is 50.3 Å². The molecule has 1 rings (SSSR count). The molecule has 0 aliphatic heterocycles. The summed E-state index contributed by atoms with van der Waals surface area (Å²) in [6.07, 6.45) is 1.65. The Morgan fingerprint density at radius 3 is 2.42 bits per heavy atom. The van der Waals surface area contributed by atoms with Gasteiger partial charge in [0.2, 0.25) is 0 Å². The average molecular weight is 266 g/mol. The van der Waals surface area contributed by atoms with Crippen molar-refractivity contribution in [3.63, 3.8) is 0 Å². The first-order valence-electron chi connectivity index (χ1n) is 6.88. The number of phenols is 1. The third-order valence-corrected chi connectivity index (χ3v) is 3.13. The molecule has 3 heteroatoms. The summed E-state index contributed by atoms with van der Waals surface area (Å²) in [7, 11) is 0. The van der Waals surface area contributed by atoms with Crippen molar-refractivity contribution in [1.82, 2.24) is 0 Å². The summed E-state index contributed by atoms with van der Waals surface area (Å²) < 4.78 is 5.59. The maximum absolute atomic E-state index is 10.1. The summed E-state index contributed by atoms with van der Waals surface area (Å²) in [5, 5.41) is 18.8. The van der Waals surface area contributed by atoms with Crippen LogP contribution in [-0.4, -0.2) is 23.4 Å². The number of aromatic hydroxyl groups is 1. The van der Waals surface area contributed by atoms with Gasteiger partial charge in [-0.15, -0.1) is 0 Å². The normalized spacial score (nSPS) is 11.8. The van der Waals surface area contributed by atoms with E-state index in [1.807, 2.05) is 19.1 Å². The van der Waals surface area contributed by atoms with Crippen LogP contribution in [0.3, 0.4) is 0 Å². The van der Waals surface area contributed by atoms with Crippen LogP contribution in [0, 0.1) is 6.92 Å². The van der Waals surface area contributed by atoms with Gasteiger partial charge in [-0.3, -0.25) is 0 Å².